The third kappa shape index (κ3) is 4.58. The second-order valence-corrected chi connectivity index (χ2v) is 8.11. The molecule has 5 unspecified atom stereocenters. The summed E-state index contributed by atoms with van der Waals surface area (Å²) in [5.41, 5.74) is 1.77. The lowest BCUT2D eigenvalue weighted by Crippen LogP contribution is -2.51. The van der Waals surface area contributed by atoms with Crippen molar-refractivity contribution in [2.75, 3.05) is 6.54 Å². The van der Waals surface area contributed by atoms with E-state index in [-0.39, 0.29) is 0 Å². The molecule has 1 fully saturated rings. The minimum Gasteiger partial charge on any atom is -0.373 e. The lowest BCUT2D eigenvalue weighted by molar-refractivity contribution is -0.0500. The van der Waals surface area contributed by atoms with Crippen molar-refractivity contribution < 1.29 is 4.74 Å². The topological polar surface area (TPSA) is 21.3 Å². The van der Waals surface area contributed by atoms with Gasteiger partial charge in [-0.2, -0.15) is 0 Å². The Morgan fingerprint density at radius 1 is 1.22 bits per heavy atom. The van der Waals surface area contributed by atoms with Crippen LogP contribution in [0.25, 0.3) is 0 Å². The van der Waals surface area contributed by atoms with Gasteiger partial charge in [0.1, 0.15) is 0 Å². The van der Waals surface area contributed by atoms with Crippen molar-refractivity contribution in [3.05, 3.63) is 35.9 Å². The van der Waals surface area contributed by atoms with Crippen LogP contribution in [-0.2, 0) is 4.74 Å². The molecule has 0 spiro atoms. The molecule has 0 radical (unpaired) electrons. The molecule has 5 atom stereocenters. The smallest absolute Gasteiger partial charge is 0.0704 e. The molecular formula is C21H35NO. The molecule has 1 aliphatic heterocycles. The van der Waals surface area contributed by atoms with Gasteiger partial charge in [-0.3, -0.25) is 0 Å². The fraction of sp³-hybridized carbons (Fsp3) is 0.714. The van der Waals surface area contributed by atoms with E-state index in [0.29, 0.717) is 35.5 Å². The van der Waals surface area contributed by atoms with Crippen molar-refractivity contribution in [1.82, 2.24) is 5.32 Å². The van der Waals surface area contributed by atoms with Crippen LogP contribution in [-0.4, -0.2) is 24.8 Å². The average molecular weight is 318 g/mol. The van der Waals surface area contributed by atoms with Crippen LogP contribution in [0.15, 0.2) is 30.3 Å². The third-order valence-corrected chi connectivity index (χ3v) is 5.79. The molecule has 23 heavy (non-hydrogen) atoms. The molecule has 0 bridgehead atoms. The summed E-state index contributed by atoms with van der Waals surface area (Å²) in [7, 11) is 0. The highest BCUT2D eigenvalue weighted by Crippen LogP contribution is 2.45. The SMILES string of the molecule is CCC(C)(C)C(c1ccccc1)C(C)CC1NCC(C)OC1C. The molecule has 1 N–H and O–H groups in total. The maximum atomic E-state index is 6.03. The molecule has 1 saturated heterocycles. The Kier molecular flexibility index (Phi) is 6.27. The number of morpholine rings is 1. The van der Waals surface area contributed by atoms with Crippen molar-refractivity contribution in [3.8, 4) is 0 Å². The average Bonchev–Trinajstić information content (AvgIpc) is 2.51. The standard InChI is InChI=1S/C21H35NO/c1-7-21(5,6)20(18-11-9-8-10-12-18)15(2)13-19-17(4)23-16(3)14-22-19/h8-12,15-17,19-20,22H,7,13-14H2,1-6H3. The van der Waals surface area contributed by atoms with E-state index in [1.165, 1.54) is 12.0 Å². The van der Waals surface area contributed by atoms with Gasteiger partial charge in [-0.05, 0) is 43.1 Å². The minimum atomic E-state index is 0.294. The maximum absolute atomic E-state index is 6.03. The van der Waals surface area contributed by atoms with Crippen LogP contribution in [0.2, 0.25) is 0 Å². The summed E-state index contributed by atoms with van der Waals surface area (Å²) < 4.78 is 6.03. The van der Waals surface area contributed by atoms with E-state index >= 15 is 0 Å². The minimum absolute atomic E-state index is 0.294. The summed E-state index contributed by atoms with van der Waals surface area (Å²) in [5.74, 6) is 1.19. The molecule has 1 aromatic rings. The summed E-state index contributed by atoms with van der Waals surface area (Å²) in [4.78, 5) is 0. The highest BCUT2D eigenvalue weighted by atomic mass is 16.5. The molecule has 130 valence electrons. The number of rotatable bonds is 6. The lowest BCUT2D eigenvalue weighted by Gasteiger charge is -2.42. The number of nitrogens with one attached hydrogen (secondary N) is 1. The highest BCUT2D eigenvalue weighted by Gasteiger charge is 2.36. The van der Waals surface area contributed by atoms with E-state index in [2.05, 4.69) is 77.2 Å². The zero-order valence-electron chi connectivity index (χ0n) is 15.8. The summed E-state index contributed by atoms with van der Waals surface area (Å²) in [6, 6.07) is 11.5. The van der Waals surface area contributed by atoms with E-state index < -0.39 is 0 Å². The molecule has 2 nitrogen and oxygen atoms in total. The summed E-state index contributed by atoms with van der Waals surface area (Å²) >= 11 is 0. The van der Waals surface area contributed by atoms with E-state index in [4.69, 9.17) is 4.74 Å². The maximum Gasteiger partial charge on any atom is 0.0704 e. The Balaban J connectivity index is 2.16. The fourth-order valence-corrected chi connectivity index (χ4v) is 4.23. The van der Waals surface area contributed by atoms with Crippen LogP contribution < -0.4 is 5.32 Å². The third-order valence-electron chi connectivity index (χ3n) is 5.79. The van der Waals surface area contributed by atoms with Crippen molar-refractivity contribution in [3.63, 3.8) is 0 Å². The summed E-state index contributed by atoms with van der Waals surface area (Å²) in [6.45, 7) is 14.9. The first-order valence-electron chi connectivity index (χ1n) is 9.29. The summed E-state index contributed by atoms with van der Waals surface area (Å²) in [6.07, 6.45) is 2.98. The fourth-order valence-electron chi connectivity index (χ4n) is 4.23. The number of ether oxygens (including phenoxy) is 1. The van der Waals surface area contributed by atoms with Crippen molar-refractivity contribution >= 4 is 0 Å². The van der Waals surface area contributed by atoms with E-state index in [1.54, 1.807) is 0 Å². The monoisotopic (exact) mass is 317 g/mol. The summed E-state index contributed by atoms with van der Waals surface area (Å²) in [5, 5.41) is 3.70. The van der Waals surface area contributed by atoms with Gasteiger partial charge in [0.25, 0.3) is 0 Å². The predicted octanol–water partition coefficient (Wildman–Crippen LogP) is 5.00. The Hall–Kier alpha value is -0.860. The van der Waals surface area contributed by atoms with E-state index in [1.807, 2.05) is 0 Å². The molecule has 1 aromatic carbocycles. The zero-order valence-corrected chi connectivity index (χ0v) is 15.8. The van der Waals surface area contributed by atoms with Crippen molar-refractivity contribution in [2.45, 2.75) is 78.6 Å². The number of benzene rings is 1. The lowest BCUT2D eigenvalue weighted by atomic mass is 9.66. The van der Waals surface area contributed by atoms with Gasteiger partial charge in [-0.15, -0.1) is 0 Å². The van der Waals surface area contributed by atoms with Gasteiger partial charge in [0.05, 0.1) is 12.2 Å². The van der Waals surface area contributed by atoms with Gasteiger partial charge >= 0.3 is 0 Å². The first-order chi connectivity index (χ1) is 10.8. The molecular weight excluding hydrogens is 282 g/mol. The molecule has 0 aromatic heterocycles. The molecule has 1 aliphatic rings. The Morgan fingerprint density at radius 3 is 2.43 bits per heavy atom. The molecule has 2 rings (SSSR count). The van der Waals surface area contributed by atoms with Gasteiger partial charge in [-0.25, -0.2) is 0 Å². The van der Waals surface area contributed by atoms with Crippen molar-refractivity contribution in [1.29, 1.82) is 0 Å². The quantitative estimate of drug-likeness (QED) is 0.797. The normalized spacial score (nSPS) is 28.3. The van der Waals surface area contributed by atoms with Gasteiger partial charge in [0.15, 0.2) is 0 Å². The number of hydrogen-bond acceptors (Lipinski definition) is 2. The number of hydrogen-bond donors (Lipinski definition) is 1. The first kappa shape index (κ1) is 18.5. The Bertz CT molecular complexity index is 470. The Labute approximate surface area is 143 Å². The first-order valence-corrected chi connectivity index (χ1v) is 9.29. The predicted molar refractivity (Wildman–Crippen MR) is 98.8 cm³/mol. The molecule has 0 aliphatic carbocycles. The Morgan fingerprint density at radius 2 is 1.87 bits per heavy atom. The van der Waals surface area contributed by atoms with Crippen LogP contribution in [0.5, 0.6) is 0 Å². The van der Waals surface area contributed by atoms with E-state index in [0.717, 1.165) is 13.0 Å². The van der Waals surface area contributed by atoms with Crippen LogP contribution >= 0.6 is 0 Å². The largest absolute Gasteiger partial charge is 0.373 e. The van der Waals surface area contributed by atoms with Crippen LogP contribution in [0.3, 0.4) is 0 Å². The van der Waals surface area contributed by atoms with Crippen LogP contribution in [0.1, 0.15) is 65.9 Å². The van der Waals surface area contributed by atoms with Crippen molar-refractivity contribution in [2.24, 2.45) is 11.3 Å². The van der Waals surface area contributed by atoms with E-state index in [9.17, 15) is 0 Å². The molecule has 1 heterocycles. The molecule has 2 heteroatoms. The molecule has 0 amide bonds. The van der Waals surface area contributed by atoms with Crippen LogP contribution in [0, 0.1) is 11.3 Å². The highest BCUT2D eigenvalue weighted by molar-refractivity contribution is 5.22. The zero-order chi connectivity index (χ0) is 17.0. The van der Waals surface area contributed by atoms with Gasteiger partial charge in [0.2, 0.25) is 0 Å². The van der Waals surface area contributed by atoms with Crippen LogP contribution in [0.4, 0.5) is 0 Å². The molecule has 0 saturated carbocycles. The van der Waals surface area contributed by atoms with Gasteiger partial charge < -0.3 is 10.1 Å². The van der Waals surface area contributed by atoms with Gasteiger partial charge in [0, 0.05) is 12.6 Å². The second kappa shape index (κ2) is 7.81. The van der Waals surface area contributed by atoms with Gasteiger partial charge in [-0.1, -0.05) is 64.4 Å². The second-order valence-electron chi connectivity index (χ2n) is 8.11.